The Balaban J connectivity index is 2.92. The second-order valence-corrected chi connectivity index (χ2v) is 30.7. The van der Waals surface area contributed by atoms with Crippen LogP contribution in [0.15, 0.2) is 0 Å². The van der Waals surface area contributed by atoms with E-state index < -0.39 is 0 Å². The van der Waals surface area contributed by atoms with Crippen LogP contribution >= 0.6 is 0 Å². The average Bonchev–Trinajstić information content (AvgIpc) is 0.900. The third-order valence-corrected chi connectivity index (χ3v) is 20.3. The lowest BCUT2D eigenvalue weighted by atomic mass is 10.1. The lowest BCUT2D eigenvalue weighted by Crippen LogP contribution is -2.49. The summed E-state index contributed by atoms with van der Waals surface area (Å²) < 4.78 is 67.1. The van der Waals surface area contributed by atoms with E-state index in [1.54, 1.807) is 0 Å². The standard InChI is InChI=1S/C89H163N5O22/c1-6-11-16-21-26-41-80(95)107-66-31-36-71-112-85(100)46-51-90(52-47-86(101)113-72-37-32-67-108-81(96)42-27-22-17-12-7-2)62-76-105-78-64-92(55-50-89(104)116-75-40-35-70-111-84(99)45-30-25-20-15-10-5)56-57-93-58-60-94(61-59-93)65-79-106-77-63-91(53-48-87(102)114-73-38-33-68-109-82(97)43-28-23-18-13-8-3)54-49-88(103)115-74-39-34-69-110-83(98)44-29-24-19-14-9-4/h6-79H2,1-5H3. The molecule has 0 saturated carbocycles. The summed E-state index contributed by atoms with van der Waals surface area (Å²) in [5.41, 5.74) is 0. The number of hydrogen-bond acceptors (Lipinski definition) is 27. The maximum atomic E-state index is 13.2. The minimum atomic E-state index is -0.373. The second-order valence-electron chi connectivity index (χ2n) is 30.7. The van der Waals surface area contributed by atoms with Crippen LogP contribution in [-0.2, 0) is 105 Å². The van der Waals surface area contributed by atoms with Crippen LogP contribution in [0.3, 0.4) is 0 Å². The Morgan fingerprint density at radius 1 is 0.190 bits per heavy atom. The van der Waals surface area contributed by atoms with Gasteiger partial charge in [-0.3, -0.25) is 72.4 Å². The van der Waals surface area contributed by atoms with Crippen molar-refractivity contribution in [2.24, 2.45) is 0 Å². The van der Waals surface area contributed by atoms with Gasteiger partial charge in [0.15, 0.2) is 0 Å². The molecular weight excluding hydrogens is 1490 g/mol. The molecule has 0 aromatic rings. The summed E-state index contributed by atoms with van der Waals surface area (Å²) in [4.78, 5) is 137. The van der Waals surface area contributed by atoms with Gasteiger partial charge in [0.25, 0.3) is 0 Å². The van der Waals surface area contributed by atoms with Crippen molar-refractivity contribution in [3.05, 3.63) is 0 Å². The van der Waals surface area contributed by atoms with Gasteiger partial charge in [-0.1, -0.05) is 163 Å². The van der Waals surface area contributed by atoms with Crippen LogP contribution in [0.4, 0.5) is 0 Å². The molecule has 1 heterocycles. The molecule has 1 aliphatic rings. The van der Waals surface area contributed by atoms with Gasteiger partial charge in [-0.25, -0.2) is 0 Å². The van der Waals surface area contributed by atoms with E-state index in [1.165, 1.54) is 19.3 Å². The van der Waals surface area contributed by atoms with Crippen molar-refractivity contribution in [3.8, 4) is 0 Å². The number of rotatable bonds is 85. The molecule has 676 valence electrons. The van der Waals surface area contributed by atoms with Gasteiger partial charge in [0.05, 0.1) is 125 Å². The van der Waals surface area contributed by atoms with Crippen LogP contribution in [0.1, 0.15) is 324 Å². The summed E-state index contributed by atoms with van der Waals surface area (Å²) in [7, 11) is 0. The molecule has 0 radical (unpaired) electrons. The normalized spacial score (nSPS) is 12.4. The number of carbonyl (C=O) groups excluding carboxylic acids is 10. The lowest BCUT2D eigenvalue weighted by molar-refractivity contribution is -0.147. The van der Waals surface area contributed by atoms with Crippen molar-refractivity contribution in [2.45, 2.75) is 324 Å². The van der Waals surface area contributed by atoms with Gasteiger partial charge in [0.1, 0.15) is 0 Å². The molecule has 27 nitrogen and oxygen atoms in total. The Hall–Kier alpha value is -5.58. The van der Waals surface area contributed by atoms with Crippen LogP contribution in [0, 0.1) is 0 Å². The minimum Gasteiger partial charge on any atom is -0.466 e. The molecule has 0 aromatic heterocycles. The monoisotopic (exact) mass is 1650 g/mol. The van der Waals surface area contributed by atoms with E-state index in [0.29, 0.717) is 201 Å². The molecule has 0 bridgehead atoms. The maximum absolute atomic E-state index is 13.2. The van der Waals surface area contributed by atoms with Crippen molar-refractivity contribution in [1.82, 2.24) is 24.5 Å². The molecule has 0 unspecified atom stereocenters. The number of piperazine rings is 1. The Kier molecular flexibility index (Phi) is 76.4. The van der Waals surface area contributed by atoms with Crippen LogP contribution < -0.4 is 0 Å². The topological polar surface area (TPSA) is 298 Å². The van der Waals surface area contributed by atoms with Crippen molar-refractivity contribution >= 4 is 59.7 Å². The van der Waals surface area contributed by atoms with Crippen LogP contribution in [0.25, 0.3) is 0 Å². The first-order chi connectivity index (χ1) is 56.6. The van der Waals surface area contributed by atoms with E-state index in [1.807, 2.05) is 9.80 Å². The molecule has 0 N–H and O–H groups in total. The van der Waals surface area contributed by atoms with E-state index in [9.17, 15) is 47.9 Å². The molecule has 1 fully saturated rings. The highest BCUT2D eigenvalue weighted by Gasteiger charge is 2.21. The van der Waals surface area contributed by atoms with Gasteiger partial charge in [-0.05, 0) is 96.3 Å². The Morgan fingerprint density at radius 2 is 0.371 bits per heavy atom. The predicted octanol–water partition coefficient (Wildman–Crippen LogP) is 14.6. The molecule has 1 saturated heterocycles. The summed E-state index contributed by atoms with van der Waals surface area (Å²) >= 11 is 0. The summed E-state index contributed by atoms with van der Waals surface area (Å²) in [5, 5.41) is 0. The number of hydrogen-bond donors (Lipinski definition) is 0. The fourth-order valence-corrected chi connectivity index (χ4v) is 12.7. The quantitative estimate of drug-likeness (QED) is 0.0310. The predicted molar refractivity (Wildman–Crippen MR) is 450 cm³/mol. The molecule has 0 aromatic carbocycles. The molecule has 0 aliphatic carbocycles. The van der Waals surface area contributed by atoms with E-state index in [4.69, 9.17) is 56.8 Å². The Morgan fingerprint density at radius 3 is 0.586 bits per heavy atom. The average molecular weight is 1660 g/mol. The van der Waals surface area contributed by atoms with Crippen LogP contribution in [0.2, 0.25) is 0 Å². The highest BCUT2D eigenvalue weighted by atomic mass is 16.6. The van der Waals surface area contributed by atoms with E-state index in [0.717, 1.165) is 181 Å². The van der Waals surface area contributed by atoms with E-state index in [2.05, 4.69) is 49.3 Å². The summed E-state index contributed by atoms with van der Waals surface area (Å²) in [6.07, 6.45) is 34.9. The van der Waals surface area contributed by atoms with Gasteiger partial charge < -0.3 is 56.8 Å². The van der Waals surface area contributed by atoms with Gasteiger partial charge in [-0.15, -0.1) is 0 Å². The zero-order valence-electron chi connectivity index (χ0n) is 73.5. The first-order valence-corrected chi connectivity index (χ1v) is 45.9. The number of unbranched alkanes of at least 4 members (excludes halogenated alkanes) is 25. The zero-order valence-corrected chi connectivity index (χ0v) is 73.5. The Bertz CT molecular complexity index is 2310. The fraction of sp³-hybridized carbons (Fsp3) is 0.888. The summed E-state index contributed by atoms with van der Waals surface area (Å²) in [6, 6.07) is 0. The molecule has 27 heteroatoms. The summed E-state index contributed by atoms with van der Waals surface area (Å²) in [5.74, 6) is -2.72. The first kappa shape index (κ1) is 108. The number of carbonyl (C=O) groups is 10. The minimum absolute atomic E-state index is 0.0951. The molecule has 0 atom stereocenters. The third-order valence-electron chi connectivity index (χ3n) is 20.3. The highest BCUT2D eigenvalue weighted by molar-refractivity contribution is 5.72. The molecule has 1 rings (SSSR count). The fourth-order valence-electron chi connectivity index (χ4n) is 12.7. The van der Waals surface area contributed by atoms with Crippen LogP contribution in [-0.4, -0.2) is 275 Å². The van der Waals surface area contributed by atoms with Crippen LogP contribution in [0.5, 0.6) is 0 Å². The molecule has 0 spiro atoms. The molecular formula is C89H163N5O22. The smallest absolute Gasteiger partial charge is 0.307 e. The van der Waals surface area contributed by atoms with Crippen molar-refractivity contribution < 1.29 is 105 Å². The van der Waals surface area contributed by atoms with Crippen molar-refractivity contribution in [2.75, 3.05) is 191 Å². The third kappa shape index (κ3) is 73.6. The number of ether oxygens (including phenoxy) is 12. The highest BCUT2D eigenvalue weighted by Crippen LogP contribution is 2.14. The van der Waals surface area contributed by atoms with Crippen molar-refractivity contribution in [3.63, 3.8) is 0 Å². The van der Waals surface area contributed by atoms with Gasteiger partial charge in [0, 0.05) is 130 Å². The van der Waals surface area contributed by atoms with Crippen molar-refractivity contribution in [1.29, 1.82) is 0 Å². The van der Waals surface area contributed by atoms with E-state index >= 15 is 0 Å². The largest absolute Gasteiger partial charge is 0.466 e. The lowest BCUT2D eigenvalue weighted by Gasteiger charge is -2.35. The Labute approximate surface area is 700 Å². The SMILES string of the molecule is CCCCCCCC(=O)OCCCCOC(=O)CCN(CCOCCN(CCC(=O)OCCCCOC(=O)CCCCCCC)CCN1CCN(CCOCCN(CCC(=O)OCCCCOC(=O)CCCCCCC)CCC(=O)OCCCCOC(=O)CCCCCCC)CC1)CCC(=O)OCCCCOC(=O)CCCCCCC. The van der Waals surface area contributed by atoms with Gasteiger partial charge in [-0.2, -0.15) is 0 Å². The number of nitrogens with zero attached hydrogens (tertiary/aromatic N) is 5. The summed E-state index contributed by atoms with van der Waals surface area (Å²) in [6.45, 7) is 23.7. The molecule has 116 heavy (non-hydrogen) atoms. The second kappa shape index (κ2) is 81.8. The van der Waals surface area contributed by atoms with E-state index in [-0.39, 0.29) is 138 Å². The molecule has 0 amide bonds. The van der Waals surface area contributed by atoms with Gasteiger partial charge >= 0.3 is 59.7 Å². The zero-order chi connectivity index (χ0) is 84.5. The maximum Gasteiger partial charge on any atom is 0.307 e. The molecule has 1 aliphatic heterocycles. The number of esters is 10. The van der Waals surface area contributed by atoms with Gasteiger partial charge in [0.2, 0.25) is 0 Å². The first-order valence-electron chi connectivity index (χ1n) is 45.9.